The third-order valence-corrected chi connectivity index (χ3v) is 3.90. The summed E-state index contributed by atoms with van der Waals surface area (Å²) in [6.07, 6.45) is 2.39. The lowest BCUT2D eigenvalue weighted by atomic mass is 9.99. The van der Waals surface area contributed by atoms with E-state index in [4.69, 9.17) is 11.6 Å². The summed E-state index contributed by atoms with van der Waals surface area (Å²) >= 11 is 5.89. The first-order valence-corrected chi connectivity index (χ1v) is 7.56. The van der Waals surface area contributed by atoms with Gasteiger partial charge in [-0.05, 0) is 57.1 Å². The molecule has 4 nitrogen and oxygen atoms in total. The van der Waals surface area contributed by atoms with E-state index in [1.54, 1.807) is 0 Å². The Labute approximate surface area is 129 Å². The molecule has 1 amide bonds. The molecule has 1 aromatic rings. The van der Waals surface area contributed by atoms with Gasteiger partial charge in [0.05, 0.1) is 17.3 Å². The van der Waals surface area contributed by atoms with Gasteiger partial charge < -0.3 is 10.6 Å². The minimum absolute atomic E-state index is 0.144. The second-order valence-corrected chi connectivity index (χ2v) is 5.99. The van der Waals surface area contributed by atoms with Crippen LogP contribution in [0, 0.1) is 11.7 Å². The number of carbonyl (C=O) groups is 1. The average Bonchev–Trinajstić information content (AvgIpc) is 2.43. The summed E-state index contributed by atoms with van der Waals surface area (Å²) < 4.78 is 12.9. The van der Waals surface area contributed by atoms with Gasteiger partial charge in [-0.25, -0.2) is 4.39 Å². The number of amides is 1. The molecule has 0 bridgehead atoms. The number of piperidine rings is 1. The topological polar surface area (TPSA) is 44.4 Å². The van der Waals surface area contributed by atoms with Crippen LogP contribution in [0.3, 0.4) is 0 Å². The molecule has 1 fully saturated rings. The molecule has 1 saturated heterocycles. The Hall–Kier alpha value is -1.17. The van der Waals surface area contributed by atoms with Crippen molar-refractivity contribution in [2.24, 2.45) is 5.92 Å². The summed E-state index contributed by atoms with van der Waals surface area (Å²) in [5.74, 6) is 0.0284. The Morgan fingerprint density at radius 2 is 2.38 bits per heavy atom. The fourth-order valence-electron chi connectivity index (χ4n) is 2.61. The van der Waals surface area contributed by atoms with Gasteiger partial charge in [-0.2, -0.15) is 0 Å². The van der Waals surface area contributed by atoms with Gasteiger partial charge in [-0.15, -0.1) is 0 Å². The van der Waals surface area contributed by atoms with Gasteiger partial charge in [-0.3, -0.25) is 9.69 Å². The van der Waals surface area contributed by atoms with Crippen LogP contribution in [0.15, 0.2) is 18.2 Å². The third-order valence-electron chi connectivity index (χ3n) is 3.59. The number of hydrogen-bond donors (Lipinski definition) is 2. The number of rotatable bonds is 5. The molecule has 2 rings (SSSR count). The SMILES string of the molecule is CN(CC(=O)Nc1ccc(F)cc1Cl)CC1CCCNC1. The molecule has 1 aliphatic heterocycles. The summed E-state index contributed by atoms with van der Waals surface area (Å²) in [5.41, 5.74) is 0.441. The van der Waals surface area contributed by atoms with Gasteiger partial charge in [0.1, 0.15) is 5.82 Å². The molecule has 1 aliphatic rings. The van der Waals surface area contributed by atoms with E-state index in [-0.39, 0.29) is 10.9 Å². The van der Waals surface area contributed by atoms with Crippen molar-refractivity contribution in [2.45, 2.75) is 12.8 Å². The van der Waals surface area contributed by atoms with E-state index in [9.17, 15) is 9.18 Å². The van der Waals surface area contributed by atoms with Crippen molar-refractivity contribution in [1.82, 2.24) is 10.2 Å². The van der Waals surface area contributed by atoms with E-state index in [1.807, 2.05) is 11.9 Å². The molecular formula is C15H21ClFN3O. The number of anilines is 1. The fraction of sp³-hybridized carbons (Fsp3) is 0.533. The second-order valence-electron chi connectivity index (χ2n) is 5.58. The van der Waals surface area contributed by atoms with Crippen LogP contribution in [-0.4, -0.2) is 44.0 Å². The molecule has 21 heavy (non-hydrogen) atoms. The number of carbonyl (C=O) groups excluding carboxylic acids is 1. The highest BCUT2D eigenvalue weighted by atomic mass is 35.5. The van der Waals surface area contributed by atoms with Gasteiger partial charge in [0.2, 0.25) is 5.91 Å². The Morgan fingerprint density at radius 1 is 1.57 bits per heavy atom. The Morgan fingerprint density at radius 3 is 3.05 bits per heavy atom. The summed E-state index contributed by atoms with van der Waals surface area (Å²) in [6, 6.07) is 3.94. The molecule has 2 N–H and O–H groups in total. The summed E-state index contributed by atoms with van der Waals surface area (Å²) in [4.78, 5) is 14.0. The largest absolute Gasteiger partial charge is 0.324 e. The Kier molecular flexibility index (Phi) is 5.96. The predicted octanol–water partition coefficient (Wildman–Crippen LogP) is 2.35. The number of likely N-dealkylation sites (N-methyl/N-ethyl adjacent to an activating group) is 1. The minimum atomic E-state index is -0.417. The molecule has 1 atom stereocenters. The van der Waals surface area contributed by atoms with Crippen LogP contribution in [-0.2, 0) is 4.79 Å². The maximum atomic E-state index is 12.9. The fourth-order valence-corrected chi connectivity index (χ4v) is 2.83. The van der Waals surface area contributed by atoms with Crippen LogP contribution in [0.1, 0.15) is 12.8 Å². The van der Waals surface area contributed by atoms with Crippen molar-refractivity contribution in [3.63, 3.8) is 0 Å². The van der Waals surface area contributed by atoms with E-state index in [0.717, 1.165) is 19.6 Å². The number of nitrogens with zero attached hydrogens (tertiary/aromatic N) is 1. The van der Waals surface area contributed by atoms with Gasteiger partial charge in [0, 0.05) is 6.54 Å². The first-order chi connectivity index (χ1) is 10.0. The number of benzene rings is 1. The lowest BCUT2D eigenvalue weighted by Gasteiger charge is -2.27. The molecule has 1 unspecified atom stereocenters. The van der Waals surface area contributed by atoms with Crippen LogP contribution in [0.5, 0.6) is 0 Å². The maximum Gasteiger partial charge on any atom is 0.238 e. The van der Waals surface area contributed by atoms with Gasteiger partial charge in [0.15, 0.2) is 0 Å². The number of hydrogen-bond acceptors (Lipinski definition) is 3. The highest BCUT2D eigenvalue weighted by molar-refractivity contribution is 6.33. The lowest BCUT2D eigenvalue weighted by molar-refractivity contribution is -0.117. The van der Waals surface area contributed by atoms with E-state index in [1.165, 1.54) is 31.0 Å². The zero-order chi connectivity index (χ0) is 15.2. The normalized spacial score (nSPS) is 18.8. The highest BCUT2D eigenvalue weighted by Gasteiger charge is 2.16. The maximum absolute atomic E-state index is 12.9. The smallest absolute Gasteiger partial charge is 0.238 e. The molecular weight excluding hydrogens is 293 g/mol. The van der Waals surface area contributed by atoms with E-state index >= 15 is 0 Å². The van der Waals surface area contributed by atoms with Gasteiger partial charge in [-0.1, -0.05) is 11.6 Å². The summed E-state index contributed by atoms with van der Waals surface area (Å²) in [6.45, 7) is 3.28. The van der Waals surface area contributed by atoms with Crippen LogP contribution in [0.25, 0.3) is 0 Å². The van der Waals surface area contributed by atoms with E-state index in [0.29, 0.717) is 18.2 Å². The van der Waals surface area contributed by atoms with Crippen molar-refractivity contribution in [3.8, 4) is 0 Å². The first kappa shape index (κ1) is 16.2. The molecule has 0 aliphatic carbocycles. The van der Waals surface area contributed by atoms with Crippen molar-refractivity contribution in [3.05, 3.63) is 29.0 Å². The average molecular weight is 314 g/mol. The van der Waals surface area contributed by atoms with Crippen LogP contribution in [0.4, 0.5) is 10.1 Å². The Bertz CT molecular complexity index is 492. The van der Waals surface area contributed by atoms with Crippen molar-refractivity contribution in [2.75, 3.05) is 38.5 Å². The Balaban J connectivity index is 1.80. The third kappa shape index (κ3) is 5.26. The van der Waals surface area contributed by atoms with Crippen LogP contribution in [0.2, 0.25) is 5.02 Å². The zero-order valence-electron chi connectivity index (χ0n) is 12.2. The van der Waals surface area contributed by atoms with Gasteiger partial charge >= 0.3 is 0 Å². The number of halogens is 2. The van der Waals surface area contributed by atoms with E-state index < -0.39 is 5.82 Å². The van der Waals surface area contributed by atoms with Crippen molar-refractivity contribution >= 4 is 23.2 Å². The molecule has 0 saturated carbocycles. The number of nitrogens with one attached hydrogen (secondary N) is 2. The molecule has 1 aromatic carbocycles. The molecule has 0 aromatic heterocycles. The predicted molar refractivity (Wildman–Crippen MR) is 83.1 cm³/mol. The van der Waals surface area contributed by atoms with Crippen LogP contribution >= 0.6 is 11.6 Å². The summed E-state index contributed by atoms with van der Waals surface area (Å²) in [5, 5.41) is 6.29. The molecule has 0 spiro atoms. The highest BCUT2D eigenvalue weighted by Crippen LogP contribution is 2.22. The second kappa shape index (κ2) is 7.73. The quantitative estimate of drug-likeness (QED) is 0.877. The monoisotopic (exact) mass is 313 g/mol. The van der Waals surface area contributed by atoms with E-state index in [2.05, 4.69) is 10.6 Å². The lowest BCUT2D eigenvalue weighted by Crippen LogP contribution is -2.39. The molecule has 0 radical (unpaired) electrons. The van der Waals surface area contributed by atoms with Gasteiger partial charge in [0.25, 0.3) is 0 Å². The standard InChI is InChI=1S/C15H21ClFN3O/c1-20(9-11-3-2-6-18-8-11)10-15(21)19-14-5-4-12(17)7-13(14)16/h4-5,7,11,18H,2-3,6,8-10H2,1H3,(H,19,21). The first-order valence-electron chi connectivity index (χ1n) is 7.19. The van der Waals surface area contributed by atoms with Crippen molar-refractivity contribution < 1.29 is 9.18 Å². The minimum Gasteiger partial charge on any atom is -0.324 e. The van der Waals surface area contributed by atoms with Crippen molar-refractivity contribution in [1.29, 1.82) is 0 Å². The van der Waals surface area contributed by atoms with Crippen LogP contribution < -0.4 is 10.6 Å². The molecule has 6 heteroatoms. The molecule has 116 valence electrons. The summed E-state index contributed by atoms with van der Waals surface area (Å²) in [7, 11) is 1.93. The zero-order valence-corrected chi connectivity index (χ0v) is 12.9. The molecule has 1 heterocycles.